The fourth-order valence-corrected chi connectivity index (χ4v) is 4.02. The third-order valence-electron chi connectivity index (χ3n) is 5.87. The van der Waals surface area contributed by atoms with Crippen LogP contribution in [0, 0.1) is 0 Å². The average Bonchev–Trinajstić information content (AvgIpc) is 2.85. The Labute approximate surface area is 187 Å². The summed E-state index contributed by atoms with van der Waals surface area (Å²) in [6.07, 6.45) is 1.25. The van der Waals surface area contributed by atoms with Gasteiger partial charge in [-0.1, -0.05) is 42.5 Å². The molecule has 6 heteroatoms. The van der Waals surface area contributed by atoms with E-state index in [1.165, 1.54) is 0 Å². The van der Waals surface area contributed by atoms with E-state index in [2.05, 4.69) is 10.6 Å². The lowest BCUT2D eigenvalue weighted by atomic mass is 9.73. The van der Waals surface area contributed by atoms with Crippen LogP contribution in [0.25, 0.3) is 0 Å². The first kappa shape index (κ1) is 21.6. The molecular weight excluding hydrogens is 404 g/mol. The van der Waals surface area contributed by atoms with Crippen molar-refractivity contribution in [1.82, 2.24) is 0 Å². The lowest BCUT2D eigenvalue weighted by Crippen LogP contribution is -2.44. The quantitative estimate of drug-likeness (QED) is 0.598. The van der Waals surface area contributed by atoms with E-state index in [9.17, 15) is 9.59 Å². The molecule has 0 atom stereocenters. The number of para-hydroxylation sites is 2. The Morgan fingerprint density at radius 1 is 0.844 bits per heavy atom. The normalized spacial score (nSPS) is 14.9. The van der Waals surface area contributed by atoms with Crippen LogP contribution in [-0.4, -0.2) is 32.1 Å². The van der Waals surface area contributed by atoms with Gasteiger partial charge >= 0.3 is 0 Å². The molecule has 2 N–H and O–H groups in total. The van der Waals surface area contributed by atoms with Crippen molar-refractivity contribution in [2.24, 2.45) is 0 Å². The SMILES string of the molecule is COc1ccccc1NC(=O)c1ccc(NC(=O)C2(c3ccccc3)CCOCC2)cc1. The fraction of sp³-hybridized carbons (Fsp3) is 0.231. The standard InChI is InChI=1S/C26H26N2O4/c1-31-23-10-6-5-9-22(23)28-24(29)19-11-13-21(14-12-19)27-25(30)26(15-17-32-18-16-26)20-7-3-2-4-8-20/h2-14H,15-18H2,1H3,(H,27,30)(H,28,29). The van der Waals surface area contributed by atoms with Crippen molar-refractivity contribution in [2.75, 3.05) is 31.0 Å². The molecule has 3 aromatic rings. The van der Waals surface area contributed by atoms with Crippen LogP contribution in [0.3, 0.4) is 0 Å². The molecule has 0 aliphatic carbocycles. The molecule has 32 heavy (non-hydrogen) atoms. The lowest BCUT2D eigenvalue weighted by molar-refractivity contribution is -0.125. The highest BCUT2D eigenvalue weighted by Crippen LogP contribution is 2.36. The second kappa shape index (κ2) is 9.66. The second-order valence-corrected chi connectivity index (χ2v) is 7.75. The first-order valence-corrected chi connectivity index (χ1v) is 10.6. The summed E-state index contributed by atoms with van der Waals surface area (Å²) in [6, 6.07) is 24.0. The zero-order chi connectivity index (χ0) is 22.4. The molecule has 1 fully saturated rings. The van der Waals surface area contributed by atoms with E-state index in [1.54, 1.807) is 43.5 Å². The van der Waals surface area contributed by atoms with Gasteiger partial charge in [0.25, 0.3) is 5.91 Å². The number of hydrogen-bond acceptors (Lipinski definition) is 4. The molecule has 0 bridgehead atoms. The molecule has 0 saturated carbocycles. The lowest BCUT2D eigenvalue weighted by Gasteiger charge is -2.36. The van der Waals surface area contributed by atoms with Gasteiger partial charge in [-0.25, -0.2) is 0 Å². The summed E-state index contributed by atoms with van der Waals surface area (Å²) in [5.74, 6) is 0.281. The van der Waals surface area contributed by atoms with Crippen molar-refractivity contribution in [3.63, 3.8) is 0 Å². The minimum absolute atomic E-state index is 0.0572. The molecule has 6 nitrogen and oxygen atoms in total. The van der Waals surface area contributed by atoms with Gasteiger partial charge in [-0.05, 0) is 54.8 Å². The van der Waals surface area contributed by atoms with E-state index in [4.69, 9.17) is 9.47 Å². The fourth-order valence-electron chi connectivity index (χ4n) is 4.02. The van der Waals surface area contributed by atoms with E-state index >= 15 is 0 Å². The smallest absolute Gasteiger partial charge is 0.255 e. The highest BCUT2D eigenvalue weighted by Gasteiger charge is 2.41. The van der Waals surface area contributed by atoms with E-state index in [0.29, 0.717) is 48.7 Å². The zero-order valence-electron chi connectivity index (χ0n) is 18.0. The summed E-state index contributed by atoms with van der Waals surface area (Å²) in [6.45, 7) is 1.09. The van der Waals surface area contributed by atoms with Gasteiger partial charge in [0.15, 0.2) is 0 Å². The Morgan fingerprint density at radius 3 is 2.19 bits per heavy atom. The van der Waals surface area contributed by atoms with E-state index in [0.717, 1.165) is 5.56 Å². The van der Waals surface area contributed by atoms with Crippen LogP contribution in [-0.2, 0) is 14.9 Å². The van der Waals surface area contributed by atoms with Crippen molar-refractivity contribution in [2.45, 2.75) is 18.3 Å². The van der Waals surface area contributed by atoms with E-state index in [1.807, 2.05) is 42.5 Å². The molecular formula is C26H26N2O4. The maximum Gasteiger partial charge on any atom is 0.255 e. The average molecular weight is 431 g/mol. The molecule has 0 aromatic heterocycles. The van der Waals surface area contributed by atoms with E-state index in [-0.39, 0.29) is 11.8 Å². The summed E-state index contributed by atoms with van der Waals surface area (Å²) in [5.41, 5.74) is 2.10. The summed E-state index contributed by atoms with van der Waals surface area (Å²) in [7, 11) is 1.56. The Kier molecular flexibility index (Phi) is 6.52. The van der Waals surface area contributed by atoms with Crippen LogP contribution in [0.4, 0.5) is 11.4 Å². The predicted octanol–water partition coefficient (Wildman–Crippen LogP) is 4.63. The third-order valence-corrected chi connectivity index (χ3v) is 5.87. The van der Waals surface area contributed by atoms with Gasteiger partial charge in [0, 0.05) is 24.5 Å². The number of methoxy groups -OCH3 is 1. The Hall–Kier alpha value is -3.64. The highest BCUT2D eigenvalue weighted by molar-refractivity contribution is 6.05. The number of amides is 2. The van der Waals surface area contributed by atoms with Gasteiger partial charge in [-0.3, -0.25) is 9.59 Å². The molecule has 164 valence electrons. The van der Waals surface area contributed by atoms with Crippen LogP contribution in [0.1, 0.15) is 28.8 Å². The topological polar surface area (TPSA) is 76.7 Å². The van der Waals surface area contributed by atoms with Crippen LogP contribution < -0.4 is 15.4 Å². The first-order valence-electron chi connectivity index (χ1n) is 10.6. The number of benzene rings is 3. The molecule has 1 aliphatic heterocycles. The first-order chi connectivity index (χ1) is 15.6. The minimum atomic E-state index is -0.626. The van der Waals surface area contributed by atoms with Crippen molar-refractivity contribution in [1.29, 1.82) is 0 Å². The number of nitrogens with one attached hydrogen (secondary N) is 2. The number of anilines is 2. The number of carbonyl (C=O) groups is 2. The number of ether oxygens (including phenoxy) is 2. The molecule has 1 saturated heterocycles. The maximum absolute atomic E-state index is 13.4. The van der Waals surface area contributed by atoms with Gasteiger partial charge in [0.1, 0.15) is 5.75 Å². The molecule has 0 radical (unpaired) electrons. The number of hydrogen-bond donors (Lipinski definition) is 2. The van der Waals surface area contributed by atoms with Crippen LogP contribution in [0.5, 0.6) is 5.75 Å². The molecule has 2 amide bonds. The largest absolute Gasteiger partial charge is 0.495 e. The van der Waals surface area contributed by atoms with Crippen LogP contribution in [0.2, 0.25) is 0 Å². The number of carbonyl (C=O) groups excluding carboxylic acids is 2. The molecule has 0 unspecified atom stereocenters. The molecule has 3 aromatic carbocycles. The molecule has 0 spiro atoms. The van der Waals surface area contributed by atoms with Gasteiger partial charge in [0.05, 0.1) is 18.2 Å². The Bertz CT molecular complexity index is 1070. The third kappa shape index (κ3) is 4.50. The minimum Gasteiger partial charge on any atom is -0.495 e. The summed E-state index contributed by atoms with van der Waals surface area (Å²) < 4.78 is 10.8. The molecule has 4 rings (SSSR count). The van der Waals surface area contributed by atoms with Crippen molar-refractivity contribution in [3.05, 3.63) is 90.0 Å². The van der Waals surface area contributed by atoms with Gasteiger partial charge in [-0.2, -0.15) is 0 Å². The Balaban J connectivity index is 1.48. The van der Waals surface area contributed by atoms with Gasteiger partial charge < -0.3 is 20.1 Å². The summed E-state index contributed by atoms with van der Waals surface area (Å²) in [5, 5.41) is 5.89. The second-order valence-electron chi connectivity index (χ2n) is 7.75. The Morgan fingerprint density at radius 2 is 1.50 bits per heavy atom. The van der Waals surface area contributed by atoms with Crippen molar-refractivity contribution >= 4 is 23.2 Å². The van der Waals surface area contributed by atoms with Crippen molar-refractivity contribution < 1.29 is 19.1 Å². The molecule has 1 heterocycles. The predicted molar refractivity (Wildman–Crippen MR) is 124 cm³/mol. The van der Waals surface area contributed by atoms with Crippen molar-refractivity contribution in [3.8, 4) is 5.75 Å². The monoisotopic (exact) mass is 430 g/mol. The highest BCUT2D eigenvalue weighted by atomic mass is 16.5. The maximum atomic E-state index is 13.4. The molecule has 1 aliphatic rings. The zero-order valence-corrected chi connectivity index (χ0v) is 18.0. The summed E-state index contributed by atoms with van der Waals surface area (Å²) >= 11 is 0. The van der Waals surface area contributed by atoms with Gasteiger partial charge in [-0.15, -0.1) is 0 Å². The van der Waals surface area contributed by atoms with Crippen LogP contribution >= 0.6 is 0 Å². The summed E-state index contributed by atoms with van der Waals surface area (Å²) in [4.78, 5) is 26.0. The number of rotatable bonds is 6. The van der Waals surface area contributed by atoms with E-state index < -0.39 is 5.41 Å². The van der Waals surface area contributed by atoms with Gasteiger partial charge in [0.2, 0.25) is 5.91 Å². The van der Waals surface area contributed by atoms with Crippen LogP contribution in [0.15, 0.2) is 78.9 Å².